The van der Waals surface area contributed by atoms with Crippen molar-refractivity contribution in [3.8, 4) is 0 Å². The van der Waals surface area contributed by atoms with Gasteiger partial charge in [-0.05, 0) is 26.2 Å². The van der Waals surface area contributed by atoms with Crippen LogP contribution in [0.2, 0.25) is 0 Å². The van der Waals surface area contributed by atoms with Gasteiger partial charge in [0.2, 0.25) is 5.91 Å². The highest BCUT2D eigenvalue weighted by Crippen LogP contribution is 2.25. The minimum Gasteiger partial charge on any atom is -0.480 e. The largest absolute Gasteiger partial charge is 0.480 e. The SMILES string of the molecule is CC(CCO)(C(=O)O)C(=O)NC1CC1. The summed E-state index contributed by atoms with van der Waals surface area (Å²) in [7, 11) is 0. The molecule has 5 heteroatoms. The summed E-state index contributed by atoms with van der Waals surface area (Å²) >= 11 is 0. The molecule has 0 saturated heterocycles. The number of aliphatic hydroxyl groups excluding tert-OH is 1. The van der Waals surface area contributed by atoms with Crippen molar-refractivity contribution in [1.82, 2.24) is 5.32 Å². The van der Waals surface area contributed by atoms with Gasteiger partial charge < -0.3 is 15.5 Å². The molecular weight excluding hydrogens is 186 g/mol. The predicted molar refractivity (Wildman–Crippen MR) is 48.6 cm³/mol. The molecule has 1 unspecified atom stereocenters. The van der Waals surface area contributed by atoms with Gasteiger partial charge in [0.25, 0.3) is 0 Å². The number of amides is 1. The number of carbonyl (C=O) groups is 2. The molecule has 0 aromatic carbocycles. The number of carboxylic acid groups (broad SMARTS) is 1. The van der Waals surface area contributed by atoms with Crippen LogP contribution in [-0.4, -0.2) is 34.7 Å². The number of hydrogen-bond acceptors (Lipinski definition) is 3. The van der Waals surface area contributed by atoms with Crippen LogP contribution in [0.3, 0.4) is 0 Å². The van der Waals surface area contributed by atoms with Crippen LogP contribution in [-0.2, 0) is 9.59 Å². The number of aliphatic hydroxyl groups is 1. The molecule has 3 N–H and O–H groups in total. The first kappa shape index (κ1) is 11.0. The third-order valence-electron chi connectivity index (χ3n) is 2.50. The minimum atomic E-state index is -1.50. The summed E-state index contributed by atoms with van der Waals surface area (Å²) in [4.78, 5) is 22.4. The van der Waals surface area contributed by atoms with Crippen LogP contribution in [0.4, 0.5) is 0 Å². The molecule has 0 aromatic rings. The number of carboxylic acids is 1. The van der Waals surface area contributed by atoms with Crippen LogP contribution in [0.1, 0.15) is 26.2 Å². The third-order valence-corrected chi connectivity index (χ3v) is 2.50. The molecule has 1 amide bonds. The van der Waals surface area contributed by atoms with Gasteiger partial charge in [0.1, 0.15) is 5.41 Å². The Bertz CT molecular complexity index is 249. The molecule has 1 saturated carbocycles. The Morgan fingerprint density at radius 3 is 2.43 bits per heavy atom. The number of hydrogen-bond donors (Lipinski definition) is 3. The van der Waals surface area contributed by atoms with Crippen molar-refractivity contribution in [2.45, 2.75) is 32.2 Å². The minimum absolute atomic E-state index is 0.0547. The lowest BCUT2D eigenvalue weighted by Crippen LogP contribution is -2.45. The molecular formula is C9H15NO4. The predicted octanol–water partition coefficient (Wildman–Crippen LogP) is -0.262. The molecule has 1 aliphatic carbocycles. The lowest BCUT2D eigenvalue weighted by Gasteiger charge is -2.22. The normalized spacial score (nSPS) is 19.9. The Balaban J connectivity index is 2.63. The second-order valence-electron chi connectivity index (χ2n) is 3.86. The highest BCUT2D eigenvalue weighted by molar-refractivity contribution is 6.01. The Labute approximate surface area is 82.1 Å². The second kappa shape index (κ2) is 3.96. The average molecular weight is 201 g/mol. The maximum Gasteiger partial charge on any atom is 0.319 e. The van der Waals surface area contributed by atoms with Crippen LogP contribution in [0, 0.1) is 5.41 Å². The summed E-state index contributed by atoms with van der Waals surface area (Å²) in [6.45, 7) is 1.03. The van der Waals surface area contributed by atoms with E-state index in [0.29, 0.717) is 0 Å². The van der Waals surface area contributed by atoms with E-state index < -0.39 is 17.3 Å². The van der Waals surface area contributed by atoms with Gasteiger partial charge in [-0.3, -0.25) is 9.59 Å². The van der Waals surface area contributed by atoms with E-state index in [1.165, 1.54) is 6.92 Å². The molecule has 1 rings (SSSR count). The van der Waals surface area contributed by atoms with Gasteiger partial charge in [-0.25, -0.2) is 0 Å². The summed E-state index contributed by atoms with van der Waals surface area (Å²) in [5, 5.41) is 20.2. The van der Waals surface area contributed by atoms with Crippen molar-refractivity contribution < 1.29 is 19.8 Å². The Morgan fingerprint density at radius 2 is 2.07 bits per heavy atom. The summed E-state index contributed by atoms with van der Waals surface area (Å²) < 4.78 is 0. The highest BCUT2D eigenvalue weighted by atomic mass is 16.4. The van der Waals surface area contributed by atoms with Crippen LogP contribution in [0.25, 0.3) is 0 Å². The monoisotopic (exact) mass is 201 g/mol. The van der Waals surface area contributed by atoms with Crippen LogP contribution in [0.5, 0.6) is 0 Å². The summed E-state index contributed by atoms with van der Waals surface area (Å²) in [5.74, 6) is -1.69. The van der Waals surface area contributed by atoms with Crippen LogP contribution < -0.4 is 5.32 Å². The Morgan fingerprint density at radius 1 is 1.50 bits per heavy atom. The van der Waals surface area contributed by atoms with Crippen molar-refractivity contribution in [3.05, 3.63) is 0 Å². The fourth-order valence-electron chi connectivity index (χ4n) is 1.11. The third kappa shape index (κ3) is 2.23. The quantitative estimate of drug-likeness (QED) is 0.535. The molecule has 0 aromatic heterocycles. The molecule has 1 fully saturated rings. The lowest BCUT2D eigenvalue weighted by molar-refractivity contribution is -0.155. The zero-order valence-electron chi connectivity index (χ0n) is 8.12. The fourth-order valence-corrected chi connectivity index (χ4v) is 1.11. The van der Waals surface area contributed by atoms with Crippen LogP contribution in [0.15, 0.2) is 0 Å². The summed E-state index contributed by atoms with van der Waals surface area (Å²) in [5.41, 5.74) is -1.50. The van der Waals surface area contributed by atoms with Crippen molar-refractivity contribution in [2.24, 2.45) is 5.41 Å². The second-order valence-corrected chi connectivity index (χ2v) is 3.86. The van der Waals surface area contributed by atoms with Gasteiger partial charge in [0.15, 0.2) is 0 Å². The van der Waals surface area contributed by atoms with Crippen molar-refractivity contribution >= 4 is 11.9 Å². The molecule has 14 heavy (non-hydrogen) atoms. The molecule has 1 atom stereocenters. The van der Waals surface area contributed by atoms with Gasteiger partial charge >= 0.3 is 5.97 Å². The number of carbonyl (C=O) groups excluding carboxylic acids is 1. The number of nitrogens with one attached hydrogen (secondary N) is 1. The molecule has 1 aliphatic rings. The maximum atomic E-state index is 11.5. The number of rotatable bonds is 5. The van der Waals surface area contributed by atoms with Crippen molar-refractivity contribution in [3.63, 3.8) is 0 Å². The van der Waals surface area contributed by atoms with Gasteiger partial charge in [0.05, 0.1) is 0 Å². The van der Waals surface area contributed by atoms with E-state index in [4.69, 9.17) is 10.2 Å². The molecule has 0 radical (unpaired) electrons. The smallest absolute Gasteiger partial charge is 0.319 e. The van der Waals surface area contributed by atoms with Gasteiger partial charge in [-0.1, -0.05) is 0 Å². The van der Waals surface area contributed by atoms with E-state index in [1.807, 2.05) is 0 Å². The first-order valence-corrected chi connectivity index (χ1v) is 4.66. The first-order valence-electron chi connectivity index (χ1n) is 4.66. The van der Waals surface area contributed by atoms with Crippen molar-refractivity contribution in [2.75, 3.05) is 6.61 Å². The zero-order chi connectivity index (χ0) is 10.8. The van der Waals surface area contributed by atoms with E-state index in [-0.39, 0.29) is 19.1 Å². The molecule has 0 heterocycles. The Kier molecular flexibility index (Phi) is 3.10. The van der Waals surface area contributed by atoms with Crippen molar-refractivity contribution in [1.29, 1.82) is 0 Å². The Hall–Kier alpha value is -1.10. The van der Waals surface area contributed by atoms with Gasteiger partial charge in [-0.15, -0.1) is 0 Å². The molecule has 0 aliphatic heterocycles. The lowest BCUT2D eigenvalue weighted by atomic mass is 9.86. The molecule has 5 nitrogen and oxygen atoms in total. The molecule has 0 spiro atoms. The maximum absolute atomic E-state index is 11.5. The molecule has 0 bridgehead atoms. The average Bonchev–Trinajstić information content (AvgIpc) is 2.88. The van der Waals surface area contributed by atoms with Gasteiger partial charge in [0, 0.05) is 12.6 Å². The fraction of sp³-hybridized carbons (Fsp3) is 0.778. The number of aliphatic carboxylic acids is 1. The highest BCUT2D eigenvalue weighted by Gasteiger charge is 2.42. The first-order chi connectivity index (χ1) is 6.50. The van der Waals surface area contributed by atoms with E-state index in [1.54, 1.807) is 0 Å². The van der Waals surface area contributed by atoms with E-state index in [2.05, 4.69) is 5.32 Å². The zero-order valence-corrected chi connectivity index (χ0v) is 8.12. The summed E-state index contributed by atoms with van der Waals surface area (Å²) in [6.07, 6.45) is 1.78. The topological polar surface area (TPSA) is 86.6 Å². The summed E-state index contributed by atoms with van der Waals surface area (Å²) in [6, 6.07) is 0.139. The van der Waals surface area contributed by atoms with Crippen LogP contribution >= 0.6 is 0 Å². The van der Waals surface area contributed by atoms with E-state index in [9.17, 15) is 9.59 Å². The van der Waals surface area contributed by atoms with E-state index >= 15 is 0 Å². The van der Waals surface area contributed by atoms with Gasteiger partial charge in [-0.2, -0.15) is 0 Å². The molecule has 80 valence electrons. The standard InChI is InChI=1S/C9H15NO4/c1-9(4-5-11,8(13)14)7(12)10-6-2-3-6/h6,11H,2-5H2,1H3,(H,10,12)(H,13,14). The van der Waals surface area contributed by atoms with E-state index in [0.717, 1.165) is 12.8 Å².